The summed E-state index contributed by atoms with van der Waals surface area (Å²) in [5.74, 6) is -11.0. The summed E-state index contributed by atoms with van der Waals surface area (Å²) in [7, 11) is 2.97. The summed E-state index contributed by atoms with van der Waals surface area (Å²) >= 11 is 0. The lowest BCUT2D eigenvalue weighted by Gasteiger charge is -2.28. The van der Waals surface area contributed by atoms with E-state index in [9.17, 15) is 103 Å². The second kappa shape index (κ2) is 32.2. The number of fused-ring (bicyclic) bond motifs is 3. The van der Waals surface area contributed by atoms with Crippen LogP contribution in [0.5, 0.6) is 28.7 Å². The van der Waals surface area contributed by atoms with E-state index >= 15 is 0 Å². The van der Waals surface area contributed by atoms with Crippen molar-refractivity contribution in [2.24, 2.45) is 11.8 Å². The minimum Gasteiger partial charge on any atom is -0.497 e. The van der Waals surface area contributed by atoms with Gasteiger partial charge in [0, 0.05) is 85.1 Å². The largest absolute Gasteiger partial charge is 0.497 e. The zero-order chi connectivity index (χ0) is 74.8. The second-order valence-electron chi connectivity index (χ2n) is 23.2. The molecule has 2 aliphatic rings. The Morgan fingerprint density at radius 3 is 1.17 bits per heavy atom. The number of halogens is 19. The number of pyridine rings is 3. The van der Waals surface area contributed by atoms with E-state index in [2.05, 4.69) is 50.4 Å². The molecule has 0 bridgehead atoms. The highest BCUT2D eigenvalue weighted by Crippen LogP contribution is 2.44. The van der Waals surface area contributed by atoms with E-state index in [4.69, 9.17) is 15.2 Å². The summed E-state index contributed by atoms with van der Waals surface area (Å²) < 4.78 is 276. The lowest BCUT2D eigenvalue weighted by Crippen LogP contribution is -2.35. The number of nitrogens with one attached hydrogen (secondary N) is 4. The molecule has 0 radical (unpaired) electrons. The van der Waals surface area contributed by atoms with Gasteiger partial charge in [0.2, 0.25) is 11.8 Å². The summed E-state index contributed by atoms with van der Waals surface area (Å²) in [5.41, 5.74) is -0.962. The number of amides is 2. The molecule has 550 valence electrons. The Kier molecular flexibility index (Phi) is 24.5. The number of aromatic carboxylic acids is 1. The van der Waals surface area contributed by atoms with E-state index in [-0.39, 0.29) is 72.2 Å². The molecule has 7 N–H and O–H groups in total. The van der Waals surface area contributed by atoms with Crippen molar-refractivity contribution in [3.63, 3.8) is 0 Å². The number of benzene rings is 5. The fourth-order valence-corrected chi connectivity index (χ4v) is 11.2. The highest BCUT2D eigenvalue weighted by molar-refractivity contribution is 6.03. The third-order valence-electron chi connectivity index (χ3n) is 15.8. The maximum absolute atomic E-state index is 14.0. The first-order valence-corrected chi connectivity index (χ1v) is 30.4. The summed E-state index contributed by atoms with van der Waals surface area (Å²) in [4.78, 5) is 48.0. The molecule has 2 aliphatic carbocycles. The molecule has 3 aromatic heterocycles. The molecule has 3 heterocycles. The van der Waals surface area contributed by atoms with Crippen molar-refractivity contribution in [3.05, 3.63) is 148 Å². The number of hydrogen-bond acceptors (Lipinski definition) is 14. The van der Waals surface area contributed by atoms with Crippen LogP contribution in [0.15, 0.2) is 103 Å². The van der Waals surface area contributed by atoms with Gasteiger partial charge < -0.3 is 55.8 Å². The molecular formula is C66H59F19N8O9. The van der Waals surface area contributed by atoms with Crippen LogP contribution in [0.1, 0.15) is 111 Å². The lowest BCUT2D eigenvalue weighted by molar-refractivity contribution is -0.137. The average molecular weight is 1470 g/mol. The number of hydrogen-bond donors (Lipinski definition) is 6. The van der Waals surface area contributed by atoms with Crippen LogP contribution in [-0.2, 0) is 31.6 Å². The quantitative estimate of drug-likeness (QED) is 0.0368. The highest BCUT2D eigenvalue weighted by atomic mass is 19.4. The molecule has 8 aromatic rings. The smallest absolute Gasteiger partial charge is 0.418 e. The third-order valence-corrected chi connectivity index (χ3v) is 15.8. The topological polar surface area (TPSA) is 230 Å². The number of nitrogens with zero attached hydrogens (tertiary/aromatic N) is 3. The zero-order valence-electron chi connectivity index (χ0n) is 53.0. The maximum Gasteiger partial charge on any atom is 0.418 e. The number of aromatic nitrogens is 3. The lowest BCUT2D eigenvalue weighted by atomic mass is 9.86. The Hall–Kier alpha value is -10.2. The SMILES string of the molecule is COc1ccc(CNc2cc(C(=O)NC[C@H]3CCCC(F)(F)C3)nc3c(C(F)(F)F)cc(OC(F)F)cc23)cc1.COc1ccc(CNc2cc(C(=O)O)nc3c(C(F)(F)F)cc(OC(F)F)cc23)cc1.Nc1cc(C(=O)NC[C@H]2CCCC(F)(F)C2)nc2c(C(F)(F)F)cc(OC(F)F)cc12. The minimum absolute atomic E-state index is 0.000356. The van der Waals surface area contributed by atoms with Crippen molar-refractivity contribution >= 4 is 67.6 Å². The van der Waals surface area contributed by atoms with E-state index in [0.29, 0.717) is 66.5 Å². The Morgan fingerprint density at radius 2 is 0.833 bits per heavy atom. The highest BCUT2D eigenvalue weighted by Gasteiger charge is 2.41. The molecule has 17 nitrogen and oxygen atoms in total. The average Bonchev–Trinajstić information content (AvgIpc) is 0.776. The van der Waals surface area contributed by atoms with E-state index in [0.717, 1.165) is 30.3 Å². The summed E-state index contributed by atoms with van der Waals surface area (Å²) in [6.07, 6.45) is -14.7. The van der Waals surface area contributed by atoms with Crippen LogP contribution in [-0.4, -0.2) is 96.8 Å². The molecule has 10 rings (SSSR count). The number of carbonyl (C=O) groups excluding carboxylic acids is 2. The molecule has 0 unspecified atom stereocenters. The number of methoxy groups -OCH3 is 2. The third kappa shape index (κ3) is 21.0. The van der Waals surface area contributed by atoms with Gasteiger partial charge in [-0.25, -0.2) is 37.3 Å². The van der Waals surface area contributed by atoms with Crippen LogP contribution >= 0.6 is 0 Å². The first-order chi connectivity index (χ1) is 47.8. The fraction of sp³-hybridized carbons (Fsp3) is 0.364. The van der Waals surface area contributed by atoms with Crippen LogP contribution in [0.3, 0.4) is 0 Å². The van der Waals surface area contributed by atoms with Crippen molar-refractivity contribution in [1.29, 1.82) is 0 Å². The number of carbonyl (C=O) groups is 3. The standard InChI is InChI=1S/C27H26F7N3O3.C20H15F5N2O4.C19H18F7N3O2/c1-39-17-6-4-15(5-7-17)13-35-21-11-22(24(38)36-14-16-3-2-8-26(30,31)12-16)37-23-19(21)9-18(40-25(28)29)10-20(23)27(32,33)34;1-30-11-4-2-10(3-5-11)9-26-15-8-16(18(28)29)27-17-13(15)6-12(31-19(21)22)7-14(17)20(23,24)25;20-17(21)31-10-4-11-13(27)6-14(29-15(11)12(5-10)19(24,25)26)16(30)28-8-9-2-1-3-18(22,23)7-9/h4-7,9-11,16,25H,2-3,8,12-14H2,1H3,(H,35,37)(H,36,38);2-8,19H,9H2,1H3,(H,26,27)(H,28,29);4-6,9,17H,1-3,7-8H2,(H2,27,29)(H,28,30)/t16-;;9-/m0.0/s1. The molecule has 2 fully saturated rings. The predicted molar refractivity (Wildman–Crippen MR) is 331 cm³/mol. The van der Waals surface area contributed by atoms with E-state index in [1.165, 1.54) is 20.3 Å². The molecule has 36 heteroatoms. The molecular weight excluding hydrogens is 1410 g/mol. The number of carboxylic acids is 1. The Labute approximate surface area is 565 Å². The molecule has 2 saturated carbocycles. The van der Waals surface area contributed by atoms with Crippen molar-refractivity contribution < 1.29 is 127 Å². The number of rotatable bonds is 21. The van der Waals surface area contributed by atoms with Gasteiger partial charge in [-0.3, -0.25) is 9.59 Å². The van der Waals surface area contributed by atoms with Crippen LogP contribution in [0.25, 0.3) is 32.7 Å². The monoisotopic (exact) mass is 1470 g/mol. The maximum atomic E-state index is 14.0. The number of nitrogens with two attached hydrogens (primary N) is 1. The summed E-state index contributed by atoms with van der Waals surface area (Å²) in [6, 6.07) is 20.6. The fourth-order valence-electron chi connectivity index (χ4n) is 11.2. The van der Waals surface area contributed by atoms with Crippen molar-refractivity contribution in [2.45, 2.75) is 115 Å². The van der Waals surface area contributed by atoms with Crippen molar-refractivity contribution in [1.82, 2.24) is 25.6 Å². The first kappa shape index (κ1) is 77.5. The zero-order valence-corrected chi connectivity index (χ0v) is 53.0. The molecule has 2 amide bonds. The molecule has 0 spiro atoms. The first-order valence-electron chi connectivity index (χ1n) is 30.4. The van der Waals surface area contributed by atoms with Crippen LogP contribution in [0.2, 0.25) is 0 Å². The number of anilines is 3. The van der Waals surface area contributed by atoms with Gasteiger partial charge in [0.15, 0.2) is 5.69 Å². The minimum atomic E-state index is -5.03. The van der Waals surface area contributed by atoms with E-state index < -0.39 is 160 Å². The number of carboxylic acid groups (broad SMARTS) is 1. The van der Waals surface area contributed by atoms with E-state index in [1.807, 2.05) is 0 Å². The van der Waals surface area contributed by atoms with Crippen molar-refractivity contribution in [2.75, 3.05) is 43.7 Å². The van der Waals surface area contributed by atoms with Gasteiger partial charge in [0.05, 0.1) is 47.5 Å². The Morgan fingerprint density at radius 1 is 0.500 bits per heavy atom. The number of nitrogen functional groups attached to an aromatic ring is 1. The van der Waals surface area contributed by atoms with Gasteiger partial charge >= 0.3 is 44.3 Å². The Bertz CT molecular complexity index is 4280. The van der Waals surface area contributed by atoms with Crippen molar-refractivity contribution in [3.8, 4) is 28.7 Å². The van der Waals surface area contributed by atoms with Gasteiger partial charge in [-0.2, -0.15) is 65.9 Å². The van der Waals surface area contributed by atoms with Gasteiger partial charge in [-0.05, 0) is 128 Å². The van der Waals surface area contributed by atoms with Crippen LogP contribution in [0, 0.1) is 11.8 Å². The van der Waals surface area contributed by atoms with Crippen LogP contribution in [0.4, 0.5) is 100 Å². The number of alkyl halides is 19. The van der Waals surface area contributed by atoms with Gasteiger partial charge in [-0.15, -0.1) is 0 Å². The number of ether oxygens (including phenoxy) is 5. The van der Waals surface area contributed by atoms with Gasteiger partial charge in [0.25, 0.3) is 11.8 Å². The Balaban J connectivity index is 0.000000197. The normalized spacial score (nSPS) is 16.0. The second-order valence-corrected chi connectivity index (χ2v) is 23.2. The predicted octanol–water partition coefficient (Wildman–Crippen LogP) is 17.2. The molecule has 0 aliphatic heterocycles. The van der Waals surface area contributed by atoms with Crippen LogP contribution < -0.4 is 50.7 Å². The summed E-state index contributed by atoms with van der Waals surface area (Å²) in [5, 5.41) is 19.2. The molecule has 0 saturated heterocycles. The molecule has 102 heavy (non-hydrogen) atoms. The van der Waals surface area contributed by atoms with Gasteiger partial charge in [-0.1, -0.05) is 24.3 Å². The molecule has 2 atom stereocenters. The van der Waals surface area contributed by atoms with Gasteiger partial charge in [0.1, 0.15) is 40.1 Å². The molecule has 5 aromatic carbocycles. The summed E-state index contributed by atoms with van der Waals surface area (Å²) in [6.45, 7) is -10.1. The van der Waals surface area contributed by atoms with E-state index in [1.54, 1.807) is 48.5 Å².